The number of hydrogen-bond donors (Lipinski definition) is 1. The molecule has 0 saturated heterocycles. The zero-order valence-electron chi connectivity index (χ0n) is 11.0. The van der Waals surface area contributed by atoms with Gasteiger partial charge in [-0.2, -0.15) is 0 Å². The predicted octanol–water partition coefficient (Wildman–Crippen LogP) is 2.37. The van der Waals surface area contributed by atoms with Gasteiger partial charge in [-0.25, -0.2) is 0 Å². The Kier molecular flexibility index (Phi) is 4.36. The number of benzene rings is 1. The third kappa shape index (κ3) is 3.23. The molecule has 19 heavy (non-hydrogen) atoms. The summed E-state index contributed by atoms with van der Waals surface area (Å²) in [5.74, 6) is 1.40. The predicted molar refractivity (Wildman–Crippen MR) is 72.4 cm³/mol. The zero-order valence-corrected chi connectivity index (χ0v) is 11.0. The van der Waals surface area contributed by atoms with Crippen LogP contribution in [0.25, 0.3) is 0 Å². The van der Waals surface area contributed by atoms with Crippen molar-refractivity contribution in [1.82, 2.24) is 4.98 Å². The Morgan fingerprint density at radius 2 is 1.84 bits per heavy atom. The minimum Gasteiger partial charge on any atom is -0.497 e. The van der Waals surface area contributed by atoms with Crippen molar-refractivity contribution < 1.29 is 14.6 Å². The first kappa shape index (κ1) is 13.4. The fourth-order valence-electron chi connectivity index (χ4n) is 1.91. The summed E-state index contributed by atoms with van der Waals surface area (Å²) in [6.07, 6.45) is 1.44. The molecule has 2 rings (SSSR count). The number of rotatable bonds is 5. The SMILES string of the molecule is COc1ccc(CC(O)c2ncccc2OC)cc1. The van der Waals surface area contributed by atoms with E-state index in [9.17, 15) is 5.11 Å². The molecule has 0 aliphatic heterocycles. The Hall–Kier alpha value is -2.07. The van der Waals surface area contributed by atoms with Gasteiger partial charge in [0, 0.05) is 12.6 Å². The number of pyridine rings is 1. The van der Waals surface area contributed by atoms with Crippen LogP contribution in [0, 0.1) is 0 Å². The maximum absolute atomic E-state index is 10.2. The van der Waals surface area contributed by atoms with E-state index < -0.39 is 6.10 Å². The molecule has 4 heteroatoms. The molecule has 2 aromatic rings. The monoisotopic (exact) mass is 259 g/mol. The van der Waals surface area contributed by atoms with Crippen molar-refractivity contribution in [3.8, 4) is 11.5 Å². The van der Waals surface area contributed by atoms with Gasteiger partial charge in [-0.05, 0) is 29.8 Å². The number of methoxy groups -OCH3 is 2. The fraction of sp³-hybridized carbons (Fsp3) is 0.267. The Morgan fingerprint density at radius 1 is 1.11 bits per heavy atom. The maximum Gasteiger partial charge on any atom is 0.143 e. The van der Waals surface area contributed by atoms with E-state index in [2.05, 4.69) is 4.98 Å². The van der Waals surface area contributed by atoms with Crippen LogP contribution in [0.5, 0.6) is 11.5 Å². The summed E-state index contributed by atoms with van der Waals surface area (Å²) in [4.78, 5) is 4.18. The lowest BCUT2D eigenvalue weighted by Crippen LogP contribution is -2.06. The van der Waals surface area contributed by atoms with E-state index in [-0.39, 0.29) is 0 Å². The minimum absolute atomic E-state index is 0.483. The second-order valence-electron chi connectivity index (χ2n) is 4.16. The molecule has 100 valence electrons. The number of nitrogens with zero attached hydrogens (tertiary/aromatic N) is 1. The van der Waals surface area contributed by atoms with Gasteiger partial charge in [0.05, 0.1) is 14.2 Å². The molecular weight excluding hydrogens is 242 g/mol. The van der Waals surface area contributed by atoms with Crippen LogP contribution >= 0.6 is 0 Å². The smallest absolute Gasteiger partial charge is 0.143 e. The third-order valence-corrected chi connectivity index (χ3v) is 2.92. The summed E-state index contributed by atoms with van der Waals surface area (Å²) in [6, 6.07) is 11.2. The van der Waals surface area contributed by atoms with E-state index in [1.807, 2.05) is 24.3 Å². The zero-order chi connectivity index (χ0) is 13.7. The van der Waals surface area contributed by atoms with Gasteiger partial charge >= 0.3 is 0 Å². The van der Waals surface area contributed by atoms with Crippen LogP contribution in [0.1, 0.15) is 17.4 Å². The Bertz CT molecular complexity index is 525. The standard InChI is InChI=1S/C15H17NO3/c1-18-12-7-5-11(6-8-12)10-13(17)15-14(19-2)4-3-9-16-15/h3-9,13,17H,10H2,1-2H3. The second-order valence-corrected chi connectivity index (χ2v) is 4.16. The van der Waals surface area contributed by atoms with Gasteiger partial charge in [-0.15, -0.1) is 0 Å². The molecule has 0 bridgehead atoms. The first-order chi connectivity index (χ1) is 9.24. The summed E-state index contributed by atoms with van der Waals surface area (Å²) in [6.45, 7) is 0. The molecule has 0 aliphatic rings. The van der Waals surface area contributed by atoms with E-state index in [4.69, 9.17) is 9.47 Å². The molecule has 1 aromatic heterocycles. The van der Waals surface area contributed by atoms with Crippen molar-refractivity contribution in [2.45, 2.75) is 12.5 Å². The largest absolute Gasteiger partial charge is 0.497 e. The Labute approximate surface area is 112 Å². The summed E-state index contributed by atoms with van der Waals surface area (Å²) in [5, 5.41) is 10.2. The van der Waals surface area contributed by atoms with Crippen LogP contribution in [0.15, 0.2) is 42.6 Å². The molecule has 0 fully saturated rings. The average Bonchev–Trinajstić information content (AvgIpc) is 2.48. The number of aromatic nitrogens is 1. The molecular formula is C15H17NO3. The summed E-state index contributed by atoms with van der Waals surface area (Å²) < 4.78 is 10.3. The van der Waals surface area contributed by atoms with E-state index in [0.29, 0.717) is 17.9 Å². The van der Waals surface area contributed by atoms with Gasteiger partial charge in [0.2, 0.25) is 0 Å². The van der Waals surface area contributed by atoms with Gasteiger partial charge in [0.1, 0.15) is 23.3 Å². The molecule has 1 unspecified atom stereocenters. The van der Waals surface area contributed by atoms with Crippen LogP contribution in [0.2, 0.25) is 0 Å². The molecule has 1 aromatic carbocycles. The van der Waals surface area contributed by atoms with Crippen LogP contribution < -0.4 is 9.47 Å². The van der Waals surface area contributed by atoms with Gasteiger partial charge in [0.25, 0.3) is 0 Å². The topological polar surface area (TPSA) is 51.6 Å². The summed E-state index contributed by atoms with van der Waals surface area (Å²) >= 11 is 0. The van der Waals surface area contributed by atoms with Crippen molar-refractivity contribution in [3.63, 3.8) is 0 Å². The second kappa shape index (κ2) is 6.20. The van der Waals surface area contributed by atoms with Crippen LogP contribution in [0.4, 0.5) is 0 Å². The number of aliphatic hydroxyl groups excluding tert-OH is 1. The number of ether oxygens (including phenoxy) is 2. The van der Waals surface area contributed by atoms with E-state index >= 15 is 0 Å². The van der Waals surface area contributed by atoms with E-state index in [0.717, 1.165) is 11.3 Å². The van der Waals surface area contributed by atoms with Crippen molar-refractivity contribution in [1.29, 1.82) is 0 Å². The van der Waals surface area contributed by atoms with Gasteiger partial charge in [-0.3, -0.25) is 4.98 Å². The lowest BCUT2D eigenvalue weighted by atomic mass is 10.0. The molecule has 1 heterocycles. The van der Waals surface area contributed by atoms with Crippen molar-refractivity contribution in [2.75, 3.05) is 14.2 Å². The summed E-state index contributed by atoms with van der Waals surface area (Å²) in [7, 11) is 3.20. The van der Waals surface area contributed by atoms with Crippen molar-refractivity contribution in [3.05, 3.63) is 53.9 Å². The van der Waals surface area contributed by atoms with Crippen LogP contribution in [-0.2, 0) is 6.42 Å². The highest BCUT2D eigenvalue weighted by Gasteiger charge is 2.15. The lowest BCUT2D eigenvalue weighted by Gasteiger charge is -2.13. The minimum atomic E-state index is -0.690. The van der Waals surface area contributed by atoms with Crippen LogP contribution in [0.3, 0.4) is 0 Å². The molecule has 0 saturated carbocycles. The van der Waals surface area contributed by atoms with Gasteiger partial charge in [0.15, 0.2) is 0 Å². The van der Waals surface area contributed by atoms with Gasteiger partial charge < -0.3 is 14.6 Å². The average molecular weight is 259 g/mol. The normalized spacial score (nSPS) is 11.9. The van der Waals surface area contributed by atoms with Crippen LogP contribution in [-0.4, -0.2) is 24.3 Å². The highest BCUT2D eigenvalue weighted by molar-refractivity contribution is 5.32. The molecule has 0 amide bonds. The number of aliphatic hydroxyl groups is 1. The Balaban J connectivity index is 2.13. The first-order valence-electron chi connectivity index (χ1n) is 6.04. The molecule has 0 radical (unpaired) electrons. The lowest BCUT2D eigenvalue weighted by molar-refractivity contribution is 0.169. The molecule has 0 spiro atoms. The highest BCUT2D eigenvalue weighted by atomic mass is 16.5. The maximum atomic E-state index is 10.2. The van der Waals surface area contributed by atoms with Crippen molar-refractivity contribution >= 4 is 0 Å². The van der Waals surface area contributed by atoms with Gasteiger partial charge in [-0.1, -0.05) is 12.1 Å². The quantitative estimate of drug-likeness (QED) is 0.895. The molecule has 4 nitrogen and oxygen atoms in total. The molecule has 1 N–H and O–H groups in total. The number of hydrogen-bond acceptors (Lipinski definition) is 4. The highest BCUT2D eigenvalue weighted by Crippen LogP contribution is 2.25. The van der Waals surface area contributed by atoms with Crippen molar-refractivity contribution in [2.24, 2.45) is 0 Å². The summed E-state index contributed by atoms with van der Waals surface area (Å²) in [5.41, 5.74) is 1.57. The fourth-order valence-corrected chi connectivity index (χ4v) is 1.91. The molecule has 1 atom stereocenters. The van der Waals surface area contributed by atoms with E-state index in [1.54, 1.807) is 32.5 Å². The van der Waals surface area contributed by atoms with E-state index in [1.165, 1.54) is 0 Å². The Morgan fingerprint density at radius 3 is 2.47 bits per heavy atom. The third-order valence-electron chi connectivity index (χ3n) is 2.92. The molecule has 0 aliphatic carbocycles. The first-order valence-corrected chi connectivity index (χ1v) is 6.04.